The van der Waals surface area contributed by atoms with Gasteiger partial charge in [0.2, 0.25) is 5.88 Å². The molecular formula is C26H30N6O4S. The van der Waals surface area contributed by atoms with Crippen LogP contribution in [0.1, 0.15) is 56.3 Å². The van der Waals surface area contributed by atoms with Gasteiger partial charge in [0, 0.05) is 29.9 Å². The van der Waals surface area contributed by atoms with Gasteiger partial charge in [-0.15, -0.1) is 0 Å². The predicted octanol–water partition coefficient (Wildman–Crippen LogP) is 3.55. The van der Waals surface area contributed by atoms with Crippen molar-refractivity contribution in [3.05, 3.63) is 54.2 Å². The lowest BCUT2D eigenvalue weighted by Crippen LogP contribution is -2.37. The number of rotatable bonds is 7. The first kappa shape index (κ1) is 24.9. The molecular weight excluding hydrogens is 492 g/mol. The summed E-state index contributed by atoms with van der Waals surface area (Å²) >= 11 is 0. The number of amides is 1. The highest BCUT2D eigenvalue weighted by Gasteiger charge is 2.33. The summed E-state index contributed by atoms with van der Waals surface area (Å²) in [6.07, 6.45) is 7.09. The number of hydrogen-bond acceptors (Lipinski definition) is 9. The summed E-state index contributed by atoms with van der Waals surface area (Å²) < 4.78 is 33.7. The predicted molar refractivity (Wildman–Crippen MR) is 140 cm³/mol. The molecule has 4 heterocycles. The molecule has 1 aliphatic carbocycles. The number of hydrogen-bond donors (Lipinski definition) is 2. The van der Waals surface area contributed by atoms with E-state index in [2.05, 4.69) is 33.4 Å². The van der Waals surface area contributed by atoms with E-state index in [0.29, 0.717) is 17.4 Å². The number of aromatic nitrogens is 3. The zero-order valence-corrected chi connectivity index (χ0v) is 21.6. The molecule has 11 heteroatoms. The number of pyridine rings is 3. The van der Waals surface area contributed by atoms with Crippen LogP contribution in [0.15, 0.2) is 53.7 Å². The lowest BCUT2D eigenvalue weighted by molar-refractivity contribution is 0.0981. The molecule has 2 aliphatic rings. The van der Waals surface area contributed by atoms with Gasteiger partial charge in [-0.1, -0.05) is 6.07 Å². The first-order valence-electron chi connectivity index (χ1n) is 12.4. The molecule has 1 saturated carbocycles. The van der Waals surface area contributed by atoms with Gasteiger partial charge in [-0.2, -0.15) is 8.42 Å². The number of nitrogens with two attached hydrogens (primary N) is 1. The van der Waals surface area contributed by atoms with Gasteiger partial charge >= 0.3 is 0 Å². The number of carbonyl (C=O) groups excluding carboxylic acids is 1. The molecule has 1 amide bonds. The maximum absolute atomic E-state index is 13.3. The first-order chi connectivity index (χ1) is 17.7. The van der Waals surface area contributed by atoms with E-state index < -0.39 is 15.9 Å². The molecule has 0 radical (unpaired) electrons. The molecule has 3 aromatic rings. The molecule has 0 unspecified atom stereocenters. The summed E-state index contributed by atoms with van der Waals surface area (Å²) in [6, 6.07) is 11.5. The standard InChI is InChI=1S/C26H30N6O4S/c1-16-9-10-17(2)32(16)25-20(26(33)31-37(34,35)24-8-4-7-22(27)30-24)12-13-21(29-25)18-11-14-23(28-15-18)36-19-5-3-6-19/h4,7-8,11-17,19H,3,5-6,9-10H2,1-2H3,(H2,27,30)(H,31,33)/t16-,17+. The van der Waals surface area contributed by atoms with E-state index in [1.54, 1.807) is 18.3 Å². The molecule has 1 saturated heterocycles. The molecule has 0 bridgehead atoms. The normalized spacial score (nSPS) is 19.9. The van der Waals surface area contributed by atoms with Crippen LogP contribution < -0.4 is 20.1 Å². The quantitative estimate of drug-likeness (QED) is 0.476. The van der Waals surface area contributed by atoms with Crippen molar-refractivity contribution in [2.24, 2.45) is 0 Å². The summed E-state index contributed by atoms with van der Waals surface area (Å²) in [5, 5.41) is -0.329. The van der Waals surface area contributed by atoms with E-state index in [1.807, 2.05) is 12.1 Å². The molecule has 3 aromatic heterocycles. The zero-order chi connectivity index (χ0) is 26.2. The minimum Gasteiger partial charge on any atom is -0.474 e. The highest BCUT2D eigenvalue weighted by molar-refractivity contribution is 7.90. The van der Waals surface area contributed by atoms with Gasteiger partial charge in [0.15, 0.2) is 5.03 Å². The second kappa shape index (κ2) is 9.97. The van der Waals surface area contributed by atoms with Crippen molar-refractivity contribution >= 4 is 27.6 Å². The third kappa shape index (κ3) is 5.22. The van der Waals surface area contributed by atoms with Crippen molar-refractivity contribution in [1.82, 2.24) is 19.7 Å². The summed E-state index contributed by atoms with van der Waals surface area (Å²) in [7, 11) is -4.23. The monoisotopic (exact) mass is 522 g/mol. The largest absolute Gasteiger partial charge is 0.474 e. The Labute approximate surface area is 216 Å². The van der Waals surface area contributed by atoms with Crippen LogP contribution in [-0.4, -0.2) is 47.5 Å². The van der Waals surface area contributed by atoms with Crippen molar-refractivity contribution in [1.29, 1.82) is 0 Å². The van der Waals surface area contributed by atoms with Gasteiger partial charge in [-0.25, -0.2) is 19.7 Å². The Bertz CT molecular complexity index is 1400. The second-order valence-electron chi connectivity index (χ2n) is 9.64. The van der Waals surface area contributed by atoms with E-state index in [1.165, 1.54) is 24.6 Å². The minimum absolute atomic E-state index is 0.0412. The van der Waals surface area contributed by atoms with Crippen LogP contribution in [0.4, 0.5) is 11.6 Å². The van der Waals surface area contributed by atoms with Gasteiger partial charge in [-0.3, -0.25) is 4.79 Å². The third-order valence-electron chi connectivity index (χ3n) is 6.94. The summed E-state index contributed by atoms with van der Waals surface area (Å²) in [5.74, 6) is 0.260. The Morgan fingerprint density at radius 3 is 2.41 bits per heavy atom. The second-order valence-corrected chi connectivity index (χ2v) is 11.3. The summed E-state index contributed by atoms with van der Waals surface area (Å²) in [6.45, 7) is 4.14. The van der Waals surface area contributed by atoms with E-state index in [0.717, 1.165) is 31.2 Å². The van der Waals surface area contributed by atoms with E-state index in [9.17, 15) is 13.2 Å². The zero-order valence-electron chi connectivity index (χ0n) is 20.8. The van der Waals surface area contributed by atoms with Gasteiger partial charge < -0.3 is 15.4 Å². The van der Waals surface area contributed by atoms with Crippen LogP contribution in [0.5, 0.6) is 5.88 Å². The van der Waals surface area contributed by atoms with Crippen LogP contribution in [0, 0.1) is 0 Å². The van der Waals surface area contributed by atoms with E-state index >= 15 is 0 Å². The van der Waals surface area contributed by atoms with Crippen LogP contribution in [-0.2, 0) is 10.0 Å². The minimum atomic E-state index is -4.23. The maximum atomic E-state index is 13.3. The van der Waals surface area contributed by atoms with Crippen molar-refractivity contribution in [3.8, 4) is 17.1 Å². The van der Waals surface area contributed by atoms with Crippen molar-refractivity contribution in [2.45, 2.75) is 69.2 Å². The Morgan fingerprint density at radius 1 is 1.03 bits per heavy atom. The molecule has 194 valence electrons. The lowest BCUT2D eigenvalue weighted by Gasteiger charge is -2.29. The highest BCUT2D eigenvalue weighted by Crippen LogP contribution is 2.34. The lowest BCUT2D eigenvalue weighted by atomic mass is 9.96. The number of carbonyl (C=O) groups is 1. The summed E-state index contributed by atoms with van der Waals surface area (Å²) in [4.78, 5) is 28.5. The fourth-order valence-corrected chi connectivity index (χ4v) is 5.61. The number of ether oxygens (including phenoxy) is 1. The number of sulfonamides is 1. The highest BCUT2D eigenvalue weighted by atomic mass is 32.2. The smallest absolute Gasteiger partial charge is 0.281 e. The maximum Gasteiger partial charge on any atom is 0.281 e. The summed E-state index contributed by atoms with van der Waals surface area (Å²) in [5.41, 5.74) is 7.19. The SMILES string of the molecule is C[C@@H]1CC[C@H](C)N1c1nc(-c2ccc(OC3CCC3)nc2)ccc1C(=O)NS(=O)(=O)c1cccc(N)n1. The average molecular weight is 523 g/mol. The van der Waals surface area contributed by atoms with E-state index in [-0.39, 0.29) is 34.6 Å². The molecule has 0 spiro atoms. The van der Waals surface area contributed by atoms with Crippen molar-refractivity contribution < 1.29 is 17.9 Å². The van der Waals surface area contributed by atoms with Crippen LogP contribution in [0.2, 0.25) is 0 Å². The average Bonchev–Trinajstić information content (AvgIpc) is 3.18. The number of anilines is 2. The molecule has 37 heavy (non-hydrogen) atoms. The van der Waals surface area contributed by atoms with Gasteiger partial charge in [0.05, 0.1) is 11.3 Å². The molecule has 5 rings (SSSR count). The number of nitrogen functional groups attached to an aromatic ring is 1. The molecule has 0 aromatic carbocycles. The number of nitrogens with one attached hydrogen (secondary N) is 1. The Hall–Kier alpha value is -3.73. The molecule has 10 nitrogen and oxygen atoms in total. The van der Waals surface area contributed by atoms with Crippen molar-refractivity contribution in [2.75, 3.05) is 10.6 Å². The first-order valence-corrected chi connectivity index (χ1v) is 13.9. The van der Waals surface area contributed by atoms with Crippen LogP contribution in [0.3, 0.4) is 0 Å². The van der Waals surface area contributed by atoms with Crippen LogP contribution in [0.25, 0.3) is 11.3 Å². The fraction of sp³-hybridized carbons (Fsp3) is 0.385. The van der Waals surface area contributed by atoms with E-state index in [4.69, 9.17) is 15.5 Å². The Morgan fingerprint density at radius 2 is 1.78 bits per heavy atom. The molecule has 2 atom stereocenters. The molecule has 2 fully saturated rings. The van der Waals surface area contributed by atoms with Crippen molar-refractivity contribution in [3.63, 3.8) is 0 Å². The Kier molecular flexibility index (Phi) is 6.72. The third-order valence-corrected chi connectivity index (χ3v) is 8.17. The van der Waals surface area contributed by atoms with Gasteiger partial charge in [0.25, 0.3) is 15.9 Å². The van der Waals surface area contributed by atoms with Crippen LogP contribution >= 0.6 is 0 Å². The van der Waals surface area contributed by atoms with Gasteiger partial charge in [0.1, 0.15) is 17.7 Å². The molecule has 3 N–H and O–H groups in total. The van der Waals surface area contributed by atoms with Gasteiger partial charge in [-0.05, 0) is 76.3 Å². The number of nitrogens with zero attached hydrogens (tertiary/aromatic N) is 4. The molecule has 1 aliphatic heterocycles. The fourth-order valence-electron chi connectivity index (χ4n) is 4.67. The Balaban J connectivity index is 1.47. The topological polar surface area (TPSA) is 140 Å².